The third kappa shape index (κ3) is 2.65. The molecule has 0 radical (unpaired) electrons. The number of β-amino-alcohol motifs (C(OH)–C–C–N with tert-alkyl or cyclic N) is 2. The quantitative estimate of drug-likeness (QED) is 0.234. The largest absolute Gasteiger partial charge is 0.389 e. The Morgan fingerprint density at radius 2 is 2.07 bits per heavy atom. The predicted molar refractivity (Wildman–Crippen MR) is 49.9 cm³/mol. The van der Waals surface area contributed by atoms with E-state index < -0.39 is 12.2 Å². The van der Waals surface area contributed by atoms with E-state index in [1.807, 2.05) is 4.90 Å². The molecule has 6 nitrogen and oxygen atoms in total. The Labute approximate surface area is 82.7 Å². The van der Waals surface area contributed by atoms with Crippen LogP contribution in [0.2, 0.25) is 0 Å². The summed E-state index contributed by atoms with van der Waals surface area (Å²) in [6.07, 6.45) is -1.41. The summed E-state index contributed by atoms with van der Waals surface area (Å²) in [6, 6.07) is 0. The fourth-order valence-corrected chi connectivity index (χ4v) is 1.61. The number of rotatable bonds is 3. The van der Waals surface area contributed by atoms with Gasteiger partial charge < -0.3 is 10.2 Å². The molecule has 3 atom stereocenters. The number of amides is 1. The SMILES string of the molecule is CC(CN1CC(O)C(O)C1)C(=O)NN. The molecule has 1 amide bonds. The number of nitrogens with one attached hydrogen (secondary N) is 1. The molecule has 0 aromatic heterocycles. The van der Waals surface area contributed by atoms with Crippen LogP contribution in [0.15, 0.2) is 0 Å². The fourth-order valence-electron chi connectivity index (χ4n) is 1.61. The van der Waals surface area contributed by atoms with Gasteiger partial charge in [0.2, 0.25) is 5.91 Å². The first-order valence-corrected chi connectivity index (χ1v) is 4.63. The highest BCUT2D eigenvalue weighted by atomic mass is 16.3. The summed E-state index contributed by atoms with van der Waals surface area (Å²) in [7, 11) is 0. The molecule has 0 aliphatic carbocycles. The van der Waals surface area contributed by atoms with Crippen molar-refractivity contribution in [1.82, 2.24) is 10.3 Å². The summed E-state index contributed by atoms with van der Waals surface area (Å²) in [5.74, 6) is 4.51. The molecule has 0 aromatic carbocycles. The van der Waals surface area contributed by atoms with Crippen molar-refractivity contribution in [3.63, 3.8) is 0 Å². The van der Waals surface area contributed by atoms with Crippen LogP contribution >= 0.6 is 0 Å². The van der Waals surface area contributed by atoms with Gasteiger partial charge in [0.05, 0.1) is 12.2 Å². The molecule has 0 spiro atoms. The molecule has 1 rings (SSSR count). The lowest BCUT2D eigenvalue weighted by molar-refractivity contribution is -0.125. The molecule has 1 aliphatic heterocycles. The van der Waals surface area contributed by atoms with E-state index in [4.69, 9.17) is 5.84 Å². The van der Waals surface area contributed by atoms with Crippen LogP contribution in [0.3, 0.4) is 0 Å². The van der Waals surface area contributed by atoms with Crippen molar-refractivity contribution in [2.45, 2.75) is 19.1 Å². The van der Waals surface area contributed by atoms with Gasteiger partial charge in [-0.05, 0) is 0 Å². The second-order valence-electron chi connectivity index (χ2n) is 3.76. The number of nitrogens with zero attached hydrogens (tertiary/aromatic N) is 1. The molecular formula is C8H17N3O3. The Kier molecular flexibility index (Phi) is 3.82. The van der Waals surface area contributed by atoms with Gasteiger partial charge in [0.25, 0.3) is 0 Å². The zero-order valence-electron chi connectivity index (χ0n) is 8.18. The van der Waals surface area contributed by atoms with Crippen molar-refractivity contribution >= 4 is 5.91 Å². The normalized spacial score (nSPS) is 30.3. The molecule has 14 heavy (non-hydrogen) atoms. The van der Waals surface area contributed by atoms with Crippen LogP contribution in [0.25, 0.3) is 0 Å². The zero-order chi connectivity index (χ0) is 10.7. The second kappa shape index (κ2) is 4.70. The summed E-state index contributed by atoms with van der Waals surface area (Å²) in [5, 5.41) is 18.5. The van der Waals surface area contributed by atoms with Crippen LogP contribution in [0.5, 0.6) is 0 Å². The predicted octanol–water partition coefficient (Wildman–Crippen LogP) is -2.35. The van der Waals surface area contributed by atoms with Gasteiger partial charge in [0, 0.05) is 25.6 Å². The maximum atomic E-state index is 11.1. The molecule has 0 aromatic rings. The number of aliphatic hydroxyl groups is 2. The Bertz CT molecular complexity index is 202. The van der Waals surface area contributed by atoms with E-state index in [0.717, 1.165) is 0 Å². The van der Waals surface area contributed by atoms with Gasteiger partial charge in [-0.2, -0.15) is 0 Å². The van der Waals surface area contributed by atoms with Crippen LogP contribution in [-0.4, -0.2) is 52.9 Å². The topological polar surface area (TPSA) is 98.8 Å². The second-order valence-corrected chi connectivity index (χ2v) is 3.76. The van der Waals surface area contributed by atoms with Crippen molar-refractivity contribution in [3.05, 3.63) is 0 Å². The van der Waals surface area contributed by atoms with Gasteiger partial charge in [0.1, 0.15) is 0 Å². The van der Waals surface area contributed by atoms with Crippen molar-refractivity contribution < 1.29 is 15.0 Å². The van der Waals surface area contributed by atoms with Gasteiger partial charge in [-0.1, -0.05) is 6.92 Å². The number of nitrogens with two attached hydrogens (primary N) is 1. The smallest absolute Gasteiger partial charge is 0.237 e. The lowest BCUT2D eigenvalue weighted by Gasteiger charge is -2.18. The van der Waals surface area contributed by atoms with Gasteiger partial charge in [-0.15, -0.1) is 0 Å². The number of hydrogen-bond acceptors (Lipinski definition) is 5. The van der Waals surface area contributed by atoms with Crippen LogP contribution in [0.4, 0.5) is 0 Å². The zero-order valence-corrected chi connectivity index (χ0v) is 8.18. The molecule has 3 unspecified atom stereocenters. The lowest BCUT2D eigenvalue weighted by Crippen LogP contribution is -2.40. The molecule has 1 fully saturated rings. The molecule has 5 N–H and O–H groups in total. The Morgan fingerprint density at radius 1 is 1.57 bits per heavy atom. The molecule has 0 saturated carbocycles. The van der Waals surface area contributed by atoms with E-state index in [1.54, 1.807) is 6.92 Å². The molecule has 6 heteroatoms. The van der Waals surface area contributed by atoms with Crippen molar-refractivity contribution in [2.24, 2.45) is 11.8 Å². The van der Waals surface area contributed by atoms with Gasteiger partial charge in [-0.25, -0.2) is 5.84 Å². The van der Waals surface area contributed by atoms with Gasteiger partial charge >= 0.3 is 0 Å². The average Bonchev–Trinajstić information content (AvgIpc) is 2.44. The fraction of sp³-hybridized carbons (Fsp3) is 0.875. The van der Waals surface area contributed by atoms with Crippen LogP contribution in [0.1, 0.15) is 6.92 Å². The number of aliphatic hydroxyl groups excluding tert-OH is 2. The number of carbonyl (C=O) groups excluding carboxylic acids is 1. The minimum Gasteiger partial charge on any atom is -0.389 e. The van der Waals surface area contributed by atoms with E-state index in [2.05, 4.69) is 5.43 Å². The monoisotopic (exact) mass is 203 g/mol. The summed E-state index contributed by atoms with van der Waals surface area (Å²) >= 11 is 0. The Balaban J connectivity index is 2.35. The van der Waals surface area contributed by atoms with Crippen LogP contribution in [0, 0.1) is 5.92 Å². The molecular weight excluding hydrogens is 186 g/mol. The van der Waals surface area contributed by atoms with E-state index in [9.17, 15) is 15.0 Å². The Hall–Kier alpha value is -0.690. The van der Waals surface area contributed by atoms with Crippen LogP contribution < -0.4 is 11.3 Å². The highest BCUT2D eigenvalue weighted by Crippen LogP contribution is 2.11. The maximum Gasteiger partial charge on any atom is 0.237 e. The standard InChI is InChI=1S/C8H17N3O3/c1-5(8(14)10-9)2-11-3-6(12)7(13)4-11/h5-7,12-13H,2-4,9H2,1H3,(H,10,14). The number of hydrazine groups is 1. The van der Waals surface area contributed by atoms with E-state index in [0.29, 0.717) is 19.6 Å². The van der Waals surface area contributed by atoms with Crippen molar-refractivity contribution in [3.8, 4) is 0 Å². The first-order chi connectivity index (χ1) is 6.54. The molecule has 0 bridgehead atoms. The summed E-state index contributed by atoms with van der Waals surface area (Å²) in [4.78, 5) is 12.9. The first-order valence-electron chi connectivity index (χ1n) is 4.63. The van der Waals surface area contributed by atoms with E-state index in [1.165, 1.54) is 0 Å². The molecule has 82 valence electrons. The van der Waals surface area contributed by atoms with Crippen LogP contribution in [-0.2, 0) is 4.79 Å². The molecule has 1 saturated heterocycles. The average molecular weight is 203 g/mol. The van der Waals surface area contributed by atoms with Crippen molar-refractivity contribution in [2.75, 3.05) is 19.6 Å². The summed E-state index contributed by atoms with van der Waals surface area (Å²) in [6.45, 7) is 3.06. The lowest BCUT2D eigenvalue weighted by atomic mass is 10.1. The number of carbonyl (C=O) groups is 1. The minimum atomic E-state index is -0.705. The molecule has 1 aliphatic rings. The van der Waals surface area contributed by atoms with E-state index >= 15 is 0 Å². The number of likely N-dealkylation sites (tertiary alicyclic amines) is 1. The summed E-state index contributed by atoms with van der Waals surface area (Å²) < 4.78 is 0. The number of hydrogen-bond donors (Lipinski definition) is 4. The van der Waals surface area contributed by atoms with Gasteiger partial charge in [0.15, 0.2) is 0 Å². The molecule has 1 heterocycles. The Morgan fingerprint density at radius 3 is 2.50 bits per heavy atom. The first kappa shape index (κ1) is 11.4. The minimum absolute atomic E-state index is 0.235. The maximum absolute atomic E-state index is 11.1. The third-order valence-electron chi connectivity index (χ3n) is 2.46. The summed E-state index contributed by atoms with van der Waals surface area (Å²) in [5.41, 5.74) is 2.07. The van der Waals surface area contributed by atoms with E-state index in [-0.39, 0.29) is 11.8 Å². The van der Waals surface area contributed by atoms with Gasteiger partial charge in [-0.3, -0.25) is 15.1 Å². The highest BCUT2D eigenvalue weighted by molar-refractivity contribution is 5.77. The third-order valence-corrected chi connectivity index (χ3v) is 2.46. The van der Waals surface area contributed by atoms with Crippen molar-refractivity contribution in [1.29, 1.82) is 0 Å². The highest BCUT2D eigenvalue weighted by Gasteiger charge is 2.30.